The van der Waals surface area contributed by atoms with Crippen LogP contribution < -0.4 is 0 Å². The van der Waals surface area contributed by atoms with Gasteiger partial charge >= 0.3 is 0 Å². The Labute approximate surface area is 118 Å². The summed E-state index contributed by atoms with van der Waals surface area (Å²) in [6, 6.07) is 4.19. The predicted molar refractivity (Wildman–Crippen MR) is 70.6 cm³/mol. The van der Waals surface area contributed by atoms with Gasteiger partial charge in [-0.1, -0.05) is 34.8 Å². The van der Waals surface area contributed by atoms with Crippen molar-refractivity contribution in [1.82, 2.24) is 4.98 Å². The first-order chi connectivity index (χ1) is 8.52. The lowest BCUT2D eigenvalue weighted by Gasteiger charge is -2.10. The number of benzene rings is 1. The third-order valence-electron chi connectivity index (χ3n) is 2.43. The van der Waals surface area contributed by atoms with Gasteiger partial charge in [-0.05, 0) is 23.8 Å². The van der Waals surface area contributed by atoms with Crippen LogP contribution in [-0.4, -0.2) is 10.1 Å². The molecule has 0 aliphatic carbocycles. The van der Waals surface area contributed by atoms with Crippen LogP contribution in [0.1, 0.15) is 5.56 Å². The number of aliphatic hydroxyl groups is 1. The highest BCUT2D eigenvalue weighted by Crippen LogP contribution is 2.36. The van der Waals surface area contributed by atoms with Crippen molar-refractivity contribution >= 4 is 34.8 Å². The summed E-state index contributed by atoms with van der Waals surface area (Å²) in [5.74, 6) is -0.668. The van der Waals surface area contributed by atoms with Gasteiger partial charge in [0.1, 0.15) is 0 Å². The van der Waals surface area contributed by atoms with E-state index >= 15 is 0 Å². The number of aromatic nitrogens is 1. The first-order valence-corrected chi connectivity index (χ1v) is 6.06. The maximum Gasteiger partial charge on any atom is 0.213 e. The Morgan fingerprint density at radius 3 is 2.33 bits per heavy atom. The van der Waals surface area contributed by atoms with Crippen molar-refractivity contribution in [2.45, 2.75) is 6.61 Å². The van der Waals surface area contributed by atoms with Crippen LogP contribution in [0.25, 0.3) is 11.1 Å². The van der Waals surface area contributed by atoms with Crippen molar-refractivity contribution < 1.29 is 9.50 Å². The molecular formula is C12H7Cl3FNO. The molecule has 2 rings (SSSR count). The van der Waals surface area contributed by atoms with E-state index in [0.717, 1.165) is 6.07 Å². The van der Waals surface area contributed by atoms with Crippen molar-refractivity contribution in [2.75, 3.05) is 0 Å². The first-order valence-electron chi connectivity index (χ1n) is 4.93. The molecule has 0 fully saturated rings. The van der Waals surface area contributed by atoms with Crippen molar-refractivity contribution in [3.05, 3.63) is 51.0 Å². The van der Waals surface area contributed by atoms with E-state index in [1.165, 1.54) is 12.3 Å². The summed E-state index contributed by atoms with van der Waals surface area (Å²) in [5.41, 5.74) is 1.44. The molecule has 2 nitrogen and oxygen atoms in total. The zero-order chi connectivity index (χ0) is 13.3. The molecule has 0 atom stereocenters. The zero-order valence-electron chi connectivity index (χ0n) is 8.92. The summed E-state index contributed by atoms with van der Waals surface area (Å²) in [4.78, 5) is 3.54. The second-order valence-corrected chi connectivity index (χ2v) is 4.79. The Kier molecular flexibility index (Phi) is 4.07. The van der Waals surface area contributed by atoms with E-state index in [0.29, 0.717) is 31.8 Å². The Bertz CT molecular complexity index is 604. The van der Waals surface area contributed by atoms with Crippen LogP contribution in [0.4, 0.5) is 4.39 Å². The summed E-state index contributed by atoms with van der Waals surface area (Å²) in [7, 11) is 0. The Balaban J connectivity index is 2.65. The summed E-state index contributed by atoms with van der Waals surface area (Å²) < 4.78 is 13.0. The van der Waals surface area contributed by atoms with E-state index < -0.39 is 5.95 Å². The molecule has 1 N–H and O–H groups in total. The fourth-order valence-electron chi connectivity index (χ4n) is 1.57. The molecule has 94 valence electrons. The smallest absolute Gasteiger partial charge is 0.213 e. The molecule has 1 aromatic heterocycles. The summed E-state index contributed by atoms with van der Waals surface area (Å²) in [5, 5.41) is 10.2. The fraction of sp³-hybridized carbons (Fsp3) is 0.0833. The number of aliphatic hydroxyl groups excluding tert-OH is 1. The Morgan fingerprint density at radius 1 is 1.00 bits per heavy atom. The van der Waals surface area contributed by atoms with Crippen molar-refractivity contribution in [3.8, 4) is 11.1 Å². The number of nitrogens with zero attached hydrogens (tertiary/aromatic N) is 1. The van der Waals surface area contributed by atoms with E-state index in [1.54, 1.807) is 6.07 Å². The lowest BCUT2D eigenvalue weighted by molar-refractivity contribution is 0.281. The van der Waals surface area contributed by atoms with Gasteiger partial charge in [0.25, 0.3) is 0 Å². The van der Waals surface area contributed by atoms with Gasteiger partial charge in [-0.15, -0.1) is 0 Å². The third-order valence-corrected chi connectivity index (χ3v) is 3.46. The van der Waals surface area contributed by atoms with Gasteiger partial charge in [0.15, 0.2) is 0 Å². The van der Waals surface area contributed by atoms with Crippen molar-refractivity contribution in [3.63, 3.8) is 0 Å². The van der Waals surface area contributed by atoms with E-state index in [4.69, 9.17) is 34.8 Å². The topological polar surface area (TPSA) is 33.1 Å². The second-order valence-electron chi connectivity index (χ2n) is 3.57. The Hall–Kier alpha value is -0.870. The normalized spacial score (nSPS) is 10.7. The fourth-order valence-corrected chi connectivity index (χ4v) is 2.22. The van der Waals surface area contributed by atoms with Gasteiger partial charge in [-0.3, -0.25) is 0 Å². The van der Waals surface area contributed by atoms with Crippen LogP contribution in [-0.2, 0) is 6.61 Å². The lowest BCUT2D eigenvalue weighted by atomic mass is 10.0. The van der Waals surface area contributed by atoms with Gasteiger partial charge < -0.3 is 5.11 Å². The molecule has 0 spiro atoms. The molecule has 0 saturated carbocycles. The molecule has 0 bridgehead atoms. The monoisotopic (exact) mass is 305 g/mol. The molecule has 2 aromatic rings. The van der Waals surface area contributed by atoms with Gasteiger partial charge in [0, 0.05) is 17.3 Å². The largest absolute Gasteiger partial charge is 0.392 e. The van der Waals surface area contributed by atoms with Crippen LogP contribution in [0.3, 0.4) is 0 Å². The number of hydrogen-bond donors (Lipinski definition) is 1. The van der Waals surface area contributed by atoms with Crippen molar-refractivity contribution in [2.24, 2.45) is 0 Å². The molecule has 0 radical (unpaired) electrons. The van der Waals surface area contributed by atoms with Gasteiger partial charge in [-0.2, -0.15) is 4.39 Å². The molecule has 0 saturated heterocycles. The summed E-state index contributed by atoms with van der Waals surface area (Å²) >= 11 is 17.8. The SMILES string of the molecule is OCc1cc(F)ncc1-c1cc(Cl)c(Cl)cc1Cl. The maximum atomic E-state index is 13.0. The highest BCUT2D eigenvalue weighted by molar-refractivity contribution is 6.44. The molecule has 1 aromatic carbocycles. The van der Waals surface area contributed by atoms with Crippen molar-refractivity contribution in [1.29, 1.82) is 0 Å². The van der Waals surface area contributed by atoms with Crippen LogP contribution >= 0.6 is 34.8 Å². The molecular weight excluding hydrogens is 299 g/mol. The maximum absolute atomic E-state index is 13.0. The molecule has 18 heavy (non-hydrogen) atoms. The van der Waals surface area contributed by atoms with E-state index in [-0.39, 0.29) is 6.61 Å². The molecule has 0 aliphatic heterocycles. The lowest BCUT2D eigenvalue weighted by Crippen LogP contribution is -1.94. The highest BCUT2D eigenvalue weighted by Gasteiger charge is 2.12. The molecule has 6 heteroatoms. The van der Waals surface area contributed by atoms with Crippen LogP contribution in [0.15, 0.2) is 24.4 Å². The predicted octanol–water partition coefficient (Wildman–Crippen LogP) is 4.34. The minimum Gasteiger partial charge on any atom is -0.392 e. The summed E-state index contributed by atoms with van der Waals surface area (Å²) in [6.45, 7) is -0.328. The van der Waals surface area contributed by atoms with E-state index in [9.17, 15) is 9.50 Å². The third kappa shape index (κ3) is 2.59. The first kappa shape index (κ1) is 13.6. The molecule has 1 heterocycles. The second kappa shape index (κ2) is 5.41. The van der Waals surface area contributed by atoms with Gasteiger partial charge in [-0.25, -0.2) is 4.98 Å². The number of rotatable bonds is 2. The minimum atomic E-state index is -0.668. The average Bonchev–Trinajstić information content (AvgIpc) is 2.34. The minimum absolute atomic E-state index is 0.323. The Morgan fingerprint density at radius 2 is 1.67 bits per heavy atom. The highest BCUT2D eigenvalue weighted by atomic mass is 35.5. The summed E-state index contributed by atoms with van der Waals surface area (Å²) in [6.07, 6.45) is 1.30. The standard InChI is InChI=1S/C12H7Cl3FNO/c13-9-3-11(15)10(14)2-7(9)8-4-17-12(16)1-6(8)5-18/h1-4,18H,5H2. The zero-order valence-corrected chi connectivity index (χ0v) is 11.2. The molecule has 0 aliphatic rings. The number of halogens is 4. The average molecular weight is 307 g/mol. The van der Waals surface area contributed by atoms with Crippen LogP contribution in [0.5, 0.6) is 0 Å². The van der Waals surface area contributed by atoms with E-state index in [1.807, 2.05) is 0 Å². The van der Waals surface area contributed by atoms with E-state index in [2.05, 4.69) is 4.98 Å². The quantitative estimate of drug-likeness (QED) is 0.661. The number of pyridine rings is 1. The molecule has 0 amide bonds. The van der Waals surface area contributed by atoms with Crippen LogP contribution in [0.2, 0.25) is 15.1 Å². The van der Waals surface area contributed by atoms with Crippen LogP contribution in [0, 0.1) is 5.95 Å². The number of hydrogen-bond acceptors (Lipinski definition) is 2. The molecule has 0 unspecified atom stereocenters. The van der Waals surface area contributed by atoms with Gasteiger partial charge in [0.05, 0.1) is 21.7 Å². The van der Waals surface area contributed by atoms with Gasteiger partial charge in [0.2, 0.25) is 5.95 Å².